The lowest BCUT2D eigenvalue weighted by atomic mass is 9.80. The van der Waals surface area contributed by atoms with Gasteiger partial charge in [-0.3, -0.25) is 0 Å². The van der Waals surface area contributed by atoms with E-state index in [0.29, 0.717) is 0 Å². The van der Waals surface area contributed by atoms with Crippen molar-refractivity contribution in [3.05, 3.63) is 223 Å². The Morgan fingerprint density at radius 2 is 0.839 bits per heavy atom. The van der Waals surface area contributed by atoms with Gasteiger partial charge in [0, 0.05) is 21.9 Å². The Balaban J connectivity index is 1.01. The van der Waals surface area contributed by atoms with Crippen LogP contribution in [-0.2, 0) is 5.41 Å². The molecule has 0 unspecified atom stereocenters. The molecule has 0 bridgehead atoms. The van der Waals surface area contributed by atoms with E-state index in [4.69, 9.17) is 0 Å². The smallest absolute Gasteiger partial charge is 0.0547 e. The van der Waals surface area contributed by atoms with Gasteiger partial charge in [0.25, 0.3) is 0 Å². The molecule has 0 radical (unpaired) electrons. The van der Waals surface area contributed by atoms with Crippen LogP contribution in [0.2, 0.25) is 0 Å². The molecule has 0 N–H and O–H groups in total. The van der Waals surface area contributed by atoms with Crippen molar-refractivity contribution in [2.45, 2.75) is 19.3 Å². The van der Waals surface area contributed by atoms with Gasteiger partial charge in [0.2, 0.25) is 0 Å². The van der Waals surface area contributed by atoms with Crippen LogP contribution in [0.25, 0.3) is 115 Å². The van der Waals surface area contributed by atoms with Crippen LogP contribution < -0.4 is 0 Å². The number of hydrogen-bond donors (Lipinski definition) is 0. The molecule has 1 heteroatoms. The average molecular weight is 788 g/mol. The summed E-state index contributed by atoms with van der Waals surface area (Å²) in [5.41, 5.74) is 16.6. The molecule has 62 heavy (non-hydrogen) atoms. The molecule has 290 valence electrons. The third-order valence-corrected chi connectivity index (χ3v) is 14.0. The van der Waals surface area contributed by atoms with Crippen molar-refractivity contribution >= 4 is 64.9 Å². The number of benzene rings is 11. The first-order valence-electron chi connectivity index (χ1n) is 21.8. The highest BCUT2D eigenvalue weighted by Crippen LogP contribution is 2.53. The van der Waals surface area contributed by atoms with E-state index in [1.165, 1.54) is 126 Å². The summed E-state index contributed by atoms with van der Waals surface area (Å²) in [6.45, 7) is 4.75. The van der Waals surface area contributed by atoms with Crippen molar-refractivity contribution in [2.75, 3.05) is 0 Å². The molecule has 0 fully saturated rings. The van der Waals surface area contributed by atoms with Crippen LogP contribution in [0.3, 0.4) is 0 Å². The van der Waals surface area contributed by atoms with E-state index < -0.39 is 0 Å². The summed E-state index contributed by atoms with van der Waals surface area (Å²) in [6.07, 6.45) is 0. The third-order valence-electron chi connectivity index (χ3n) is 14.0. The molecular weight excluding hydrogens is 747 g/mol. The van der Waals surface area contributed by atoms with Gasteiger partial charge in [0.15, 0.2) is 0 Å². The van der Waals surface area contributed by atoms with Crippen molar-refractivity contribution in [3.63, 3.8) is 0 Å². The minimum absolute atomic E-state index is 0.0818. The maximum absolute atomic E-state index is 2.48. The Kier molecular flexibility index (Phi) is 7.42. The van der Waals surface area contributed by atoms with Gasteiger partial charge >= 0.3 is 0 Å². The van der Waals surface area contributed by atoms with Gasteiger partial charge in [-0.2, -0.15) is 0 Å². The molecule has 1 aromatic heterocycles. The molecule has 0 atom stereocenters. The molecule has 1 aliphatic carbocycles. The molecule has 0 saturated heterocycles. The minimum atomic E-state index is -0.0818. The first kappa shape index (κ1) is 35.1. The monoisotopic (exact) mass is 787 g/mol. The number of aromatic nitrogens is 1. The van der Waals surface area contributed by atoms with Gasteiger partial charge in [-0.25, -0.2) is 0 Å². The fraction of sp³-hybridized carbons (Fsp3) is 0.0492. The molecule has 1 nitrogen and oxygen atoms in total. The normalized spacial score (nSPS) is 13.1. The van der Waals surface area contributed by atoms with E-state index in [0.717, 1.165) is 0 Å². The van der Waals surface area contributed by atoms with Crippen LogP contribution in [0.4, 0.5) is 0 Å². The quantitative estimate of drug-likeness (QED) is 0.157. The van der Waals surface area contributed by atoms with E-state index in [9.17, 15) is 0 Å². The van der Waals surface area contributed by atoms with Gasteiger partial charge in [-0.05, 0) is 135 Å². The molecule has 1 heterocycles. The molecular formula is C61H41N. The lowest BCUT2D eigenvalue weighted by Crippen LogP contribution is -2.15. The SMILES string of the molecule is CC1(C)c2ccccc2-c2c1cc(-c1ccc(-c3c4ccccc4c(-c4ccc5c(c4)c4c6ccccc6ccc4n5-c4ccccc4)c4ccccc34)cc1)c1ccccc21. The molecule has 12 aromatic rings. The second-order valence-electron chi connectivity index (χ2n) is 17.6. The van der Waals surface area contributed by atoms with Crippen molar-refractivity contribution < 1.29 is 0 Å². The van der Waals surface area contributed by atoms with Crippen molar-refractivity contribution in [1.29, 1.82) is 0 Å². The number of hydrogen-bond acceptors (Lipinski definition) is 0. The summed E-state index contributed by atoms with van der Waals surface area (Å²) in [4.78, 5) is 0. The predicted molar refractivity (Wildman–Crippen MR) is 265 cm³/mol. The lowest BCUT2D eigenvalue weighted by Gasteiger charge is -2.23. The maximum Gasteiger partial charge on any atom is 0.0547 e. The summed E-state index contributed by atoms with van der Waals surface area (Å²) < 4.78 is 2.43. The highest BCUT2D eigenvalue weighted by molar-refractivity contribution is 6.25. The number of rotatable bonds is 4. The zero-order valence-electron chi connectivity index (χ0n) is 34.7. The second kappa shape index (κ2) is 13.1. The number of nitrogens with zero attached hydrogens (tertiary/aromatic N) is 1. The Hall–Kier alpha value is -7.74. The van der Waals surface area contributed by atoms with Crippen molar-refractivity contribution in [2.24, 2.45) is 0 Å². The van der Waals surface area contributed by atoms with Gasteiger partial charge in [-0.15, -0.1) is 0 Å². The van der Waals surface area contributed by atoms with Gasteiger partial charge < -0.3 is 4.57 Å². The van der Waals surface area contributed by atoms with E-state index in [-0.39, 0.29) is 5.41 Å². The standard InChI is InChI=1S/C61H41N/c1-61(2)53-27-15-14-26-50(53)59-45-21-9-8-20-44(45)51(37-54(59)61)39-28-30-40(31-29-39)57-46-22-10-12-24-48(46)58(49-25-13-11-23-47(49)57)41-33-34-55-52(36-41)60-43-19-7-6-16-38(43)32-35-56(60)62(55)42-17-4-3-5-18-42/h3-37H,1-2H3. The average Bonchev–Trinajstić information content (AvgIpc) is 3.79. The molecule has 0 aliphatic heterocycles. The van der Waals surface area contributed by atoms with Crippen molar-refractivity contribution in [1.82, 2.24) is 4.57 Å². The summed E-state index contributed by atoms with van der Waals surface area (Å²) in [5, 5.41) is 12.7. The van der Waals surface area contributed by atoms with Crippen LogP contribution in [0.15, 0.2) is 212 Å². The fourth-order valence-electron chi connectivity index (χ4n) is 11.2. The Morgan fingerprint density at radius 3 is 1.53 bits per heavy atom. The van der Waals surface area contributed by atoms with Gasteiger partial charge in [-0.1, -0.05) is 190 Å². The highest BCUT2D eigenvalue weighted by atomic mass is 15.0. The van der Waals surface area contributed by atoms with Crippen LogP contribution in [-0.4, -0.2) is 4.57 Å². The summed E-state index contributed by atoms with van der Waals surface area (Å²) in [7, 11) is 0. The maximum atomic E-state index is 2.48. The first-order chi connectivity index (χ1) is 30.5. The first-order valence-corrected chi connectivity index (χ1v) is 21.8. The zero-order valence-corrected chi connectivity index (χ0v) is 34.7. The molecule has 0 spiro atoms. The van der Waals surface area contributed by atoms with E-state index in [1.807, 2.05) is 0 Å². The van der Waals surface area contributed by atoms with Crippen molar-refractivity contribution in [3.8, 4) is 50.2 Å². The van der Waals surface area contributed by atoms with Crippen LogP contribution in [0, 0.1) is 0 Å². The predicted octanol–water partition coefficient (Wildman–Crippen LogP) is 16.7. The largest absolute Gasteiger partial charge is 0.309 e. The molecule has 1 aliphatic rings. The van der Waals surface area contributed by atoms with E-state index in [2.05, 4.69) is 231 Å². The van der Waals surface area contributed by atoms with Gasteiger partial charge in [0.1, 0.15) is 0 Å². The molecule has 0 amide bonds. The van der Waals surface area contributed by atoms with Crippen LogP contribution >= 0.6 is 0 Å². The Morgan fingerprint density at radius 1 is 0.323 bits per heavy atom. The zero-order chi connectivity index (χ0) is 41.1. The minimum Gasteiger partial charge on any atom is -0.309 e. The van der Waals surface area contributed by atoms with Crippen LogP contribution in [0.1, 0.15) is 25.0 Å². The second-order valence-corrected chi connectivity index (χ2v) is 17.6. The summed E-state index contributed by atoms with van der Waals surface area (Å²) >= 11 is 0. The van der Waals surface area contributed by atoms with Gasteiger partial charge in [0.05, 0.1) is 11.0 Å². The number of fused-ring (bicyclic) bond motifs is 12. The molecule has 13 rings (SSSR count). The summed E-state index contributed by atoms with van der Waals surface area (Å²) in [6, 6.07) is 79.1. The molecule has 0 saturated carbocycles. The molecule has 11 aromatic carbocycles. The Labute approximate surface area is 360 Å². The van der Waals surface area contributed by atoms with E-state index >= 15 is 0 Å². The fourth-order valence-corrected chi connectivity index (χ4v) is 11.2. The Bertz CT molecular complexity index is 3750. The lowest BCUT2D eigenvalue weighted by molar-refractivity contribution is 0.661. The number of para-hydroxylation sites is 1. The highest BCUT2D eigenvalue weighted by Gasteiger charge is 2.37. The third kappa shape index (κ3) is 4.91. The topological polar surface area (TPSA) is 4.93 Å². The van der Waals surface area contributed by atoms with Crippen LogP contribution in [0.5, 0.6) is 0 Å². The summed E-state index contributed by atoms with van der Waals surface area (Å²) in [5.74, 6) is 0. The van der Waals surface area contributed by atoms with E-state index in [1.54, 1.807) is 0 Å².